The Morgan fingerprint density at radius 1 is 1.50 bits per heavy atom. The number of aliphatic imine (C=N–C) groups is 1. The second-order valence-corrected chi connectivity index (χ2v) is 5.88. The van der Waals surface area contributed by atoms with Crippen LogP contribution in [0.1, 0.15) is 12.5 Å². The van der Waals surface area contributed by atoms with Gasteiger partial charge in [0.1, 0.15) is 0 Å². The van der Waals surface area contributed by atoms with Gasteiger partial charge in [0.15, 0.2) is 5.17 Å². The van der Waals surface area contributed by atoms with E-state index in [4.69, 9.17) is 11.6 Å². The van der Waals surface area contributed by atoms with Gasteiger partial charge in [-0.2, -0.15) is 18.2 Å². The molecule has 1 aromatic carbocycles. The van der Waals surface area contributed by atoms with E-state index in [1.165, 1.54) is 23.9 Å². The number of amidine groups is 1. The van der Waals surface area contributed by atoms with E-state index in [-0.39, 0.29) is 5.02 Å². The molecule has 2 amide bonds. The molecule has 1 heterocycles. The first-order valence-electron chi connectivity index (χ1n) is 6.46. The SMILES string of the molecule is CCN1CCSC1=NC(=O)Nc1c(Cl)cccc1C(F)(F)F. The molecule has 0 aliphatic carbocycles. The molecule has 4 nitrogen and oxygen atoms in total. The van der Waals surface area contributed by atoms with Crippen LogP contribution >= 0.6 is 23.4 Å². The number of hydrogen-bond donors (Lipinski definition) is 1. The third-order valence-corrected chi connectivity index (χ3v) is 4.30. The Morgan fingerprint density at radius 3 is 2.86 bits per heavy atom. The average molecular weight is 352 g/mol. The van der Waals surface area contributed by atoms with Crippen molar-refractivity contribution in [2.75, 3.05) is 24.2 Å². The smallest absolute Gasteiger partial charge is 0.350 e. The van der Waals surface area contributed by atoms with Gasteiger partial charge in [0.2, 0.25) is 0 Å². The summed E-state index contributed by atoms with van der Waals surface area (Å²) in [5, 5.41) is 2.45. The molecule has 0 unspecified atom stereocenters. The molecule has 0 atom stereocenters. The van der Waals surface area contributed by atoms with E-state index in [9.17, 15) is 18.0 Å². The lowest BCUT2D eigenvalue weighted by Crippen LogP contribution is -2.25. The number of alkyl halides is 3. The highest BCUT2D eigenvalue weighted by Gasteiger charge is 2.35. The number of rotatable bonds is 2. The quantitative estimate of drug-likeness (QED) is 0.863. The molecule has 0 bridgehead atoms. The van der Waals surface area contributed by atoms with Crippen LogP contribution in [0.25, 0.3) is 0 Å². The lowest BCUT2D eigenvalue weighted by molar-refractivity contribution is -0.136. The molecule has 1 N–H and O–H groups in total. The van der Waals surface area contributed by atoms with E-state index >= 15 is 0 Å². The second kappa shape index (κ2) is 6.78. The van der Waals surface area contributed by atoms with Crippen LogP contribution in [0, 0.1) is 0 Å². The van der Waals surface area contributed by atoms with Crippen molar-refractivity contribution in [1.82, 2.24) is 4.90 Å². The highest BCUT2D eigenvalue weighted by atomic mass is 35.5. The first-order chi connectivity index (χ1) is 10.3. The maximum absolute atomic E-state index is 12.9. The molecular weight excluding hydrogens is 339 g/mol. The Bertz CT molecular complexity index is 607. The molecule has 1 aliphatic rings. The summed E-state index contributed by atoms with van der Waals surface area (Å²) in [5.74, 6) is 0.792. The van der Waals surface area contributed by atoms with Crippen molar-refractivity contribution in [3.05, 3.63) is 28.8 Å². The van der Waals surface area contributed by atoms with E-state index in [0.29, 0.717) is 11.7 Å². The van der Waals surface area contributed by atoms with E-state index in [2.05, 4.69) is 10.3 Å². The summed E-state index contributed by atoms with van der Waals surface area (Å²) in [5.41, 5.74) is -1.47. The highest BCUT2D eigenvalue weighted by Crippen LogP contribution is 2.38. The first-order valence-corrected chi connectivity index (χ1v) is 7.82. The molecule has 1 fully saturated rings. The van der Waals surface area contributed by atoms with Crippen molar-refractivity contribution in [3.63, 3.8) is 0 Å². The molecule has 120 valence electrons. The topological polar surface area (TPSA) is 44.7 Å². The maximum atomic E-state index is 12.9. The number of benzene rings is 1. The zero-order valence-electron chi connectivity index (χ0n) is 11.6. The monoisotopic (exact) mass is 351 g/mol. The summed E-state index contributed by atoms with van der Waals surface area (Å²) in [4.78, 5) is 17.6. The van der Waals surface area contributed by atoms with Gasteiger partial charge in [-0.1, -0.05) is 29.4 Å². The van der Waals surface area contributed by atoms with Crippen LogP contribution in [0.5, 0.6) is 0 Å². The van der Waals surface area contributed by atoms with Gasteiger partial charge in [0.05, 0.1) is 16.3 Å². The van der Waals surface area contributed by atoms with E-state index in [1.807, 2.05) is 11.8 Å². The Hall–Kier alpha value is -1.41. The minimum Gasteiger partial charge on any atom is -0.350 e. The van der Waals surface area contributed by atoms with Gasteiger partial charge >= 0.3 is 12.2 Å². The fourth-order valence-electron chi connectivity index (χ4n) is 1.94. The van der Waals surface area contributed by atoms with Crippen LogP contribution in [-0.4, -0.2) is 34.9 Å². The summed E-state index contributed by atoms with van der Waals surface area (Å²) in [6.45, 7) is 3.35. The number of hydrogen-bond acceptors (Lipinski definition) is 2. The van der Waals surface area contributed by atoms with Crippen molar-refractivity contribution < 1.29 is 18.0 Å². The number of urea groups is 1. The zero-order chi connectivity index (χ0) is 16.3. The first kappa shape index (κ1) is 17.0. The standard InChI is InChI=1S/C13H13ClF3N3OS/c1-2-20-6-7-22-12(20)19-11(21)18-10-8(13(15,16)17)4-3-5-9(10)14/h3-5H,2,6-7H2,1H3,(H,18,21). The summed E-state index contributed by atoms with van der Waals surface area (Å²) in [6, 6.07) is 2.44. The van der Waals surface area contributed by atoms with Gasteiger partial charge in [0.25, 0.3) is 0 Å². The van der Waals surface area contributed by atoms with Gasteiger partial charge in [-0.3, -0.25) is 0 Å². The fourth-order valence-corrected chi connectivity index (χ4v) is 3.21. The number of anilines is 1. The Balaban J connectivity index is 2.24. The van der Waals surface area contributed by atoms with Crippen LogP contribution in [0.15, 0.2) is 23.2 Å². The van der Waals surface area contributed by atoms with Crippen molar-refractivity contribution in [2.45, 2.75) is 13.1 Å². The number of nitrogens with one attached hydrogen (secondary N) is 1. The molecule has 0 radical (unpaired) electrons. The Labute approximate surface area is 134 Å². The van der Waals surface area contributed by atoms with E-state index < -0.39 is 23.5 Å². The van der Waals surface area contributed by atoms with Crippen molar-refractivity contribution in [1.29, 1.82) is 0 Å². The minimum atomic E-state index is -4.61. The normalized spacial score (nSPS) is 17.1. The molecule has 1 aromatic rings. The third kappa shape index (κ3) is 3.86. The molecule has 1 aliphatic heterocycles. The molecule has 22 heavy (non-hydrogen) atoms. The number of halogens is 4. The Morgan fingerprint density at radius 2 is 2.23 bits per heavy atom. The number of carbonyl (C=O) groups excluding carboxylic acids is 1. The largest absolute Gasteiger partial charge is 0.418 e. The molecule has 9 heteroatoms. The maximum Gasteiger partial charge on any atom is 0.418 e. The molecular formula is C13H13ClF3N3OS. The summed E-state index contributed by atoms with van der Waals surface area (Å²) in [7, 11) is 0. The van der Waals surface area contributed by atoms with Crippen LogP contribution < -0.4 is 5.32 Å². The van der Waals surface area contributed by atoms with Gasteiger partial charge in [0, 0.05) is 18.8 Å². The Kier molecular flexibility index (Phi) is 5.23. The van der Waals surface area contributed by atoms with Gasteiger partial charge < -0.3 is 10.2 Å². The molecule has 1 saturated heterocycles. The van der Waals surface area contributed by atoms with Crippen LogP contribution in [0.2, 0.25) is 5.02 Å². The number of nitrogens with zero attached hydrogens (tertiary/aromatic N) is 2. The van der Waals surface area contributed by atoms with Crippen molar-refractivity contribution >= 4 is 40.2 Å². The lowest BCUT2D eigenvalue weighted by Gasteiger charge is -2.16. The minimum absolute atomic E-state index is 0.185. The zero-order valence-corrected chi connectivity index (χ0v) is 13.1. The summed E-state index contributed by atoms with van der Waals surface area (Å²) >= 11 is 7.16. The van der Waals surface area contributed by atoms with Gasteiger partial charge in [-0.25, -0.2) is 4.79 Å². The fraction of sp³-hybridized carbons (Fsp3) is 0.385. The average Bonchev–Trinajstić information content (AvgIpc) is 2.86. The third-order valence-electron chi connectivity index (χ3n) is 2.99. The number of carbonyl (C=O) groups is 1. The number of thioether (sulfide) groups is 1. The van der Waals surface area contributed by atoms with Crippen LogP contribution in [-0.2, 0) is 6.18 Å². The molecule has 0 saturated carbocycles. The molecule has 0 spiro atoms. The van der Waals surface area contributed by atoms with Crippen LogP contribution in [0.4, 0.5) is 23.7 Å². The van der Waals surface area contributed by atoms with Gasteiger partial charge in [-0.15, -0.1) is 0 Å². The van der Waals surface area contributed by atoms with Crippen molar-refractivity contribution in [3.8, 4) is 0 Å². The molecule has 2 rings (SSSR count). The predicted molar refractivity (Wildman–Crippen MR) is 82.6 cm³/mol. The summed E-state index contributed by atoms with van der Waals surface area (Å²) < 4.78 is 38.8. The van der Waals surface area contributed by atoms with E-state index in [0.717, 1.165) is 18.4 Å². The number of amides is 2. The van der Waals surface area contributed by atoms with E-state index in [1.54, 1.807) is 0 Å². The second-order valence-electron chi connectivity index (χ2n) is 4.41. The predicted octanol–water partition coefficient (Wildman–Crippen LogP) is 4.32. The van der Waals surface area contributed by atoms with Crippen LogP contribution in [0.3, 0.4) is 0 Å². The summed E-state index contributed by atoms with van der Waals surface area (Å²) in [6.07, 6.45) is -4.61. The number of para-hydroxylation sites is 1. The van der Waals surface area contributed by atoms with Gasteiger partial charge in [-0.05, 0) is 19.1 Å². The van der Waals surface area contributed by atoms with Crippen molar-refractivity contribution in [2.24, 2.45) is 4.99 Å². The highest BCUT2D eigenvalue weighted by molar-refractivity contribution is 8.14. The molecule has 0 aromatic heterocycles. The lowest BCUT2D eigenvalue weighted by atomic mass is 10.1.